The average molecular weight is 423 g/mol. The molecule has 1 saturated heterocycles. The summed E-state index contributed by atoms with van der Waals surface area (Å²) in [7, 11) is 0.404. The molecule has 1 aliphatic rings. The van der Waals surface area contributed by atoms with Crippen LogP contribution in [0.1, 0.15) is 21.7 Å². The number of hydrogen-bond acceptors (Lipinski definition) is 6. The van der Waals surface area contributed by atoms with Gasteiger partial charge in [0.1, 0.15) is 4.90 Å². The molecule has 0 N–H and O–H groups in total. The van der Waals surface area contributed by atoms with Crippen LogP contribution in [0, 0.1) is 13.8 Å². The van der Waals surface area contributed by atoms with Crippen molar-refractivity contribution in [2.45, 2.75) is 23.8 Å². The number of hydrogen-bond donors (Lipinski definition) is 0. The molecule has 7 nitrogen and oxygen atoms in total. The maximum Gasteiger partial charge on any atom is 0.244 e. The van der Waals surface area contributed by atoms with Gasteiger partial charge in [0.25, 0.3) is 0 Å². The summed E-state index contributed by atoms with van der Waals surface area (Å²) in [6.45, 7) is 6.32. The Kier molecular flexibility index (Phi) is 6.28. The molecule has 0 bridgehead atoms. The van der Waals surface area contributed by atoms with Crippen LogP contribution in [0.15, 0.2) is 34.3 Å². The lowest BCUT2D eigenvalue weighted by Crippen LogP contribution is -2.47. The normalized spacial score (nSPS) is 16.4. The van der Waals surface area contributed by atoms with Gasteiger partial charge in [-0.25, -0.2) is 13.4 Å². The number of carbonyl (C=O) groups is 1. The lowest BCUT2D eigenvalue weighted by molar-refractivity contribution is 0.102. The molecule has 0 amide bonds. The highest BCUT2D eigenvalue weighted by molar-refractivity contribution is 7.99. The molecule has 0 aromatic carbocycles. The van der Waals surface area contributed by atoms with Crippen LogP contribution >= 0.6 is 11.8 Å². The van der Waals surface area contributed by atoms with E-state index >= 15 is 0 Å². The van der Waals surface area contributed by atoms with Crippen LogP contribution in [0.25, 0.3) is 0 Å². The monoisotopic (exact) mass is 422 g/mol. The zero-order valence-electron chi connectivity index (χ0n) is 16.7. The van der Waals surface area contributed by atoms with Crippen LogP contribution in [0.3, 0.4) is 0 Å². The summed E-state index contributed by atoms with van der Waals surface area (Å²) in [5.74, 6) is 0.309. The highest BCUT2D eigenvalue weighted by Gasteiger charge is 2.27. The fraction of sp³-hybridized carbons (Fsp3) is 0.474. The van der Waals surface area contributed by atoms with Crippen molar-refractivity contribution < 1.29 is 13.2 Å². The number of sulfonamides is 1. The summed E-state index contributed by atoms with van der Waals surface area (Å²) in [5, 5.41) is 0.635. The van der Waals surface area contributed by atoms with Crippen molar-refractivity contribution in [2.75, 3.05) is 39.0 Å². The number of ketones is 1. The molecular formula is C19H26N4O3S2. The Morgan fingerprint density at radius 3 is 2.36 bits per heavy atom. The Hall–Kier alpha value is -1.68. The third-order valence-electron chi connectivity index (χ3n) is 5.24. The van der Waals surface area contributed by atoms with Gasteiger partial charge in [-0.2, -0.15) is 4.31 Å². The highest BCUT2D eigenvalue weighted by atomic mass is 32.2. The summed E-state index contributed by atoms with van der Waals surface area (Å²) >= 11 is 1.32. The first-order chi connectivity index (χ1) is 13.2. The van der Waals surface area contributed by atoms with Crippen molar-refractivity contribution in [1.29, 1.82) is 0 Å². The summed E-state index contributed by atoms with van der Waals surface area (Å²) in [6.07, 6.45) is 1.39. The van der Waals surface area contributed by atoms with E-state index in [4.69, 9.17) is 0 Å². The van der Waals surface area contributed by atoms with Gasteiger partial charge in [0.2, 0.25) is 10.0 Å². The Balaban J connectivity index is 1.64. The van der Waals surface area contributed by atoms with Gasteiger partial charge in [0.05, 0.1) is 10.8 Å². The molecule has 0 radical (unpaired) electrons. The SMILES string of the molecule is Cc1cc(C(=O)CSc2ccc(S(=O)(=O)N3CCN(C)CC3)cn2)c(C)n1C. The minimum absolute atomic E-state index is 0.0436. The number of rotatable bonds is 6. The number of nitrogens with zero attached hydrogens (tertiary/aromatic N) is 4. The van der Waals surface area contributed by atoms with E-state index in [2.05, 4.69) is 9.88 Å². The van der Waals surface area contributed by atoms with E-state index in [-0.39, 0.29) is 16.4 Å². The number of likely N-dealkylation sites (N-methyl/N-ethyl adjacent to an activating group) is 1. The molecule has 0 unspecified atom stereocenters. The van der Waals surface area contributed by atoms with Gasteiger partial charge in [0, 0.05) is 56.4 Å². The van der Waals surface area contributed by atoms with Gasteiger partial charge < -0.3 is 9.47 Å². The predicted octanol–water partition coefficient (Wildman–Crippen LogP) is 1.95. The molecular weight excluding hydrogens is 396 g/mol. The van der Waals surface area contributed by atoms with Gasteiger partial charge in [-0.15, -0.1) is 0 Å². The zero-order valence-corrected chi connectivity index (χ0v) is 18.3. The number of aromatic nitrogens is 2. The third kappa shape index (κ3) is 4.32. The van der Waals surface area contributed by atoms with Crippen LogP contribution in [0.2, 0.25) is 0 Å². The molecule has 2 aromatic rings. The maximum absolute atomic E-state index is 12.7. The van der Waals surface area contributed by atoms with E-state index in [1.165, 1.54) is 22.3 Å². The lowest BCUT2D eigenvalue weighted by Gasteiger charge is -2.31. The summed E-state index contributed by atoms with van der Waals surface area (Å²) in [5.41, 5.74) is 2.72. The predicted molar refractivity (Wildman–Crippen MR) is 110 cm³/mol. The topological polar surface area (TPSA) is 75.5 Å². The number of carbonyl (C=O) groups excluding carboxylic acids is 1. The number of aryl methyl sites for hydroxylation is 1. The van der Waals surface area contributed by atoms with Gasteiger partial charge >= 0.3 is 0 Å². The zero-order chi connectivity index (χ0) is 20.5. The van der Waals surface area contributed by atoms with E-state index in [0.29, 0.717) is 18.1 Å². The van der Waals surface area contributed by atoms with Gasteiger partial charge in [-0.05, 0) is 39.1 Å². The third-order valence-corrected chi connectivity index (χ3v) is 8.06. The molecule has 2 aromatic heterocycles. The molecule has 3 rings (SSSR count). The van der Waals surface area contributed by atoms with E-state index in [1.54, 1.807) is 12.1 Å². The molecule has 3 heterocycles. The van der Waals surface area contributed by atoms with E-state index < -0.39 is 10.0 Å². The largest absolute Gasteiger partial charge is 0.351 e. The summed E-state index contributed by atoms with van der Waals surface area (Å²) in [6, 6.07) is 5.15. The maximum atomic E-state index is 12.7. The van der Waals surface area contributed by atoms with Crippen molar-refractivity contribution in [1.82, 2.24) is 18.8 Å². The van der Waals surface area contributed by atoms with Crippen molar-refractivity contribution in [3.63, 3.8) is 0 Å². The van der Waals surface area contributed by atoms with Crippen molar-refractivity contribution in [3.05, 3.63) is 41.3 Å². The molecule has 0 saturated carbocycles. The summed E-state index contributed by atoms with van der Waals surface area (Å²) < 4.78 is 29.0. The Morgan fingerprint density at radius 1 is 1.14 bits per heavy atom. The van der Waals surface area contributed by atoms with E-state index in [0.717, 1.165) is 30.0 Å². The molecule has 152 valence electrons. The van der Waals surface area contributed by atoms with Crippen LogP contribution in [0.4, 0.5) is 0 Å². The molecule has 0 aliphatic carbocycles. The number of piperazine rings is 1. The minimum atomic E-state index is -3.52. The standard InChI is InChI=1S/C19H26N4O3S2/c1-14-11-17(15(2)22(14)4)18(24)13-27-19-6-5-16(12-20-19)28(25,26)23-9-7-21(3)8-10-23/h5-6,11-12H,7-10,13H2,1-4H3. The molecule has 0 atom stereocenters. The second-order valence-electron chi connectivity index (χ2n) is 7.10. The van der Waals surface area contributed by atoms with Crippen LogP contribution in [-0.4, -0.2) is 71.9 Å². The molecule has 0 spiro atoms. The highest BCUT2D eigenvalue weighted by Crippen LogP contribution is 2.22. The minimum Gasteiger partial charge on any atom is -0.351 e. The van der Waals surface area contributed by atoms with Crippen molar-refractivity contribution >= 4 is 27.6 Å². The fourth-order valence-corrected chi connectivity index (χ4v) is 5.23. The van der Waals surface area contributed by atoms with Gasteiger partial charge in [0.15, 0.2) is 5.78 Å². The second-order valence-corrected chi connectivity index (χ2v) is 10.0. The first-order valence-corrected chi connectivity index (χ1v) is 11.6. The lowest BCUT2D eigenvalue weighted by atomic mass is 10.2. The number of thioether (sulfide) groups is 1. The van der Waals surface area contributed by atoms with Crippen LogP contribution in [-0.2, 0) is 17.1 Å². The smallest absolute Gasteiger partial charge is 0.244 e. The number of pyridine rings is 1. The Labute approximate surface area is 170 Å². The van der Waals surface area contributed by atoms with Crippen LogP contribution in [0.5, 0.6) is 0 Å². The second kappa shape index (κ2) is 8.36. The molecule has 1 aliphatic heterocycles. The Morgan fingerprint density at radius 2 is 1.82 bits per heavy atom. The van der Waals surface area contributed by atoms with Crippen molar-refractivity contribution in [2.24, 2.45) is 7.05 Å². The molecule has 1 fully saturated rings. The average Bonchev–Trinajstić information content (AvgIpc) is 2.94. The van der Waals surface area contributed by atoms with E-state index in [1.807, 2.05) is 38.6 Å². The quantitative estimate of drug-likeness (QED) is 0.523. The first-order valence-electron chi connectivity index (χ1n) is 9.14. The number of Topliss-reactive ketones (excluding diaryl/α,β-unsaturated/α-hetero) is 1. The van der Waals surface area contributed by atoms with E-state index in [9.17, 15) is 13.2 Å². The molecule has 28 heavy (non-hydrogen) atoms. The fourth-order valence-electron chi connectivity index (χ4n) is 3.14. The Bertz CT molecular complexity index is 960. The first kappa shape index (κ1) is 21.0. The van der Waals surface area contributed by atoms with Crippen molar-refractivity contribution in [3.8, 4) is 0 Å². The van der Waals surface area contributed by atoms with Crippen LogP contribution < -0.4 is 0 Å². The van der Waals surface area contributed by atoms with Gasteiger partial charge in [-0.1, -0.05) is 11.8 Å². The molecule has 9 heteroatoms. The summed E-state index contributed by atoms with van der Waals surface area (Å²) in [4.78, 5) is 19.1. The van der Waals surface area contributed by atoms with Gasteiger partial charge in [-0.3, -0.25) is 4.79 Å².